The first-order valence-electron chi connectivity index (χ1n) is 8.55. The van der Waals surface area contributed by atoms with Crippen molar-refractivity contribution in [1.29, 1.82) is 0 Å². The van der Waals surface area contributed by atoms with E-state index in [0.717, 1.165) is 43.4 Å². The molecule has 2 unspecified atom stereocenters. The molecular formula is C17H31N3O. The van der Waals surface area contributed by atoms with Crippen LogP contribution in [0.4, 0.5) is 0 Å². The molecule has 1 aliphatic carbocycles. The second kappa shape index (κ2) is 7.39. The summed E-state index contributed by atoms with van der Waals surface area (Å²) in [6.07, 6.45) is 8.46. The van der Waals surface area contributed by atoms with Crippen LogP contribution in [0.5, 0.6) is 0 Å². The highest BCUT2D eigenvalue weighted by Gasteiger charge is 2.33. The molecule has 0 bridgehead atoms. The number of unbranched alkanes of at least 4 members (excludes halogenated alkanes) is 1. The minimum Gasteiger partial charge on any atom is -0.339 e. The SMILES string of the molecule is CCCCc1nc(CNC2CCCCC2C(C)(C)C)no1. The van der Waals surface area contributed by atoms with Gasteiger partial charge >= 0.3 is 0 Å². The summed E-state index contributed by atoms with van der Waals surface area (Å²) in [5, 5.41) is 7.77. The zero-order chi connectivity index (χ0) is 15.3. The van der Waals surface area contributed by atoms with Crippen LogP contribution in [0.1, 0.15) is 77.9 Å². The number of hydrogen-bond donors (Lipinski definition) is 1. The molecule has 2 rings (SSSR count). The molecule has 0 spiro atoms. The van der Waals surface area contributed by atoms with E-state index in [1.807, 2.05) is 0 Å². The zero-order valence-electron chi connectivity index (χ0n) is 14.1. The van der Waals surface area contributed by atoms with Crippen LogP contribution in [0.25, 0.3) is 0 Å². The first-order valence-corrected chi connectivity index (χ1v) is 8.55. The standard InChI is InChI=1S/C17H31N3O/c1-5-6-11-16-19-15(20-21-16)12-18-14-10-8-7-9-13(14)17(2,3)4/h13-14,18H,5-12H2,1-4H3. The highest BCUT2D eigenvalue weighted by atomic mass is 16.5. The second-order valence-electron chi connectivity index (χ2n) is 7.45. The van der Waals surface area contributed by atoms with Crippen LogP contribution < -0.4 is 5.32 Å². The molecule has 1 aromatic heterocycles. The van der Waals surface area contributed by atoms with Crippen molar-refractivity contribution in [1.82, 2.24) is 15.5 Å². The van der Waals surface area contributed by atoms with Gasteiger partial charge in [0.1, 0.15) is 0 Å². The second-order valence-corrected chi connectivity index (χ2v) is 7.45. The summed E-state index contributed by atoms with van der Waals surface area (Å²) in [4.78, 5) is 4.48. The summed E-state index contributed by atoms with van der Waals surface area (Å²) in [5.41, 5.74) is 0.363. The fourth-order valence-electron chi connectivity index (χ4n) is 3.43. The van der Waals surface area contributed by atoms with Crippen molar-refractivity contribution in [2.75, 3.05) is 0 Å². The van der Waals surface area contributed by atoms with Gasteiger partial charge in [0.15, 0.2) is 5.82 Å². The summed E-state index contributed by atoms with van der Waals surface area (Å²) in [7, 11) is 0. The minimum absolute atomic E-state index is 0.363. The van der Waals surface area contributed by atoms with Crippen LogP contribution in [0, 0.1) is 11.3 Å². The Bertz CT molecular complexity index is 422. The Labute approximate surface area is 129 Å². The van der Waals surface area contributed by atoms with Gasteiger partial charge < -0.3 is 9.84 Å². The van der Waals surface area contributed by atoms with E-state index in [4.69, 9.17) is 4.52 Å². The molecule has 4 nitrogen and oxygen atoms in total. The predicted molar refractivity (Wildman–Crippen MR) is 85.0 cm³/mol. The van der Waals surface area contributed by atoms with E-state index in [0.29, 0.717) is 11.5 Å². The molecular weight excluding hydrogens is 262 g/mol. The van der Waals surface area contributed by atoms with Gasteiger partial charge in [-0.3, -0.25) is 0 Å². The lowest BCUT2D eigenvalue weighted by Crippen LogP contribution is -2.44. The van der Waals surface area contributed by atoms with Gasteiger partial charge in [-0.05, 0) is 30.6 Å². The van der Waals surface area contributed by atoms with Gasteiger partial charge in [0.25, 0.3) is 0 Å². The van der Waals surface area contributed by atoms with Gasteiger partial charge in [0, 0.05) is 12.5 Å². The van der Waals surface area contributed by atoms with E-state index in [2.05, 4.69) is 43.2 Å². The van der Waals surface area contributed by atoms with Crippen LogP contribution in [-0.4, -0.2) is 16.2 Å². The molecule has 1 heterocycles. The normalized spacial score (nSPS) is 23.4. The molecule has 0 amide bonds. The van der Waals surface area contributed by atoms with Crippen molar-refractivity contribution in [2.45, 2.75) is 85.2 Å². The molecule has 0 saturated heterocycles. The van der Waals surface area contributed by atoms with Crippen molar-refractivity contribution < 1.29 is 4.52 Å². The summed E-state index contributed by atoms with van der Waals surface area (Å²) < 4.78 is 5.30. The monoisotopic (exact) mass is 293 g/mol. The van der Waals surface area contributed by atoms with Gasteiger partial charge in [0.05, 0.1) is 6.54 Å². The highest BCUT2D eigenvalue weighted by Crippen LogP contribution is 2.38. The van der Waals surface area contributed by atoms with Gasteiger partial charge in [-0.2, -0.15) is 4.98 Å². The number of rotatable bonds is 6. The zero-order valence-corrected chi connectivity index (χ0v) is 14.1. The summed E-state index contributed by atoms with van der Waals surface area (Å²) >= 11 is 0. The lowest BCUT2D eigenvalue weighted by molar-refractivity contribution is 0.129. The van der Waals surface area contributed by atoms with E-state index < -0.39 is 0 Å². The fourth-order valence-corrected chi connectivity index (χ4v) is 3.43. The van der Waals surface area contributed by atoms with E-state index >= 15 is 0 Å². The van der Waals surface area contributed by atoms with Gasteiger partial charge in [-0.1, -0.05) is 52.1 Å². The van der Waals surface area contributed by atoms with Gasteiger partial charge in [-0.25, -0.2) is 0 Å². The molecule has 1 N–H and O–H groups in total. The number of nitrogens with zero attached hydrogens (tertiary/aromatic N) is 2. The Hall–Kier alpha value is -0.900. The number of aryl methyl sites for hydroxylation is 1. The van der Waals surface area contributed by atoms with E-state index in [1.165, 1.54) is 25.7 Å². The molecule has 21 heavy (non-hydrogen) atoms. The molecule has 120 valence electrons. The van der Waals surface area contributed by atoms with Crippen molar-refractivity contribution in [2.24, 2.45) is 11.3 Å². The maximum absolute atomic E-state index is 5.30. The molecule has 1 aromatic rings. The Balaban J connectivity index is 1.87. The third-order valence-corrected chi connectivity index (χ3v) is 4.66. The molecule has 0 radical (unpaired) electrons. The van der Waals surface area contributed by atoms with Gasteiger partial charge in [0.2, 0.25) is 5.89 Å². The molecule has 1 fully saturated rings. The Morgan fingerprint density at radius 2 is 2.00 bits per heavy atom. The van der Waals surface area contributed by atoms with Gasteiger partial charge in [-0.15, -0.1) is 0 Å². The smallest absolute Gasteiger partial charge is 0.226 e. The van der Waals surface area contributed by atoms with Crippen LogP contribution in [-0.2, 0) is 13.0 Å². The maximum atomic E-state index is 5.30. The average molecular weight is 293 g/mol. The Kier molecular flexibility index (Phi) is 5.80. The van der Waals surface area contributed by atoms with E-state index in [9.17, 15) is 0 Å². The van der Waals surface area contributed by atoms with Crippen LogP contribution in [0.2, 0.25) is 0 Å². The third kappa shape index (κ3) is 4.80. The number of aromatic nitrogens is 2. The average Bonchev–Trinajstić information content (AvgIpc) is 2.90. The van der Waals surface area contributed by atoms with Crippen LogP contribution >= 0.6 is 0 Å². The van der Waals surface area contributed by atoms with Crippen LogP contribution in [0.3, 0.4) is 0 Å². The summed E-state index contributed by atoms with van der Waals surface area (Å²) in [6.45, 7) is 9.97. The summed E-state index contributed by atoms with van der Waals surface area (Å²) in [6, 6.07) is 0.580. The number of nitrogens with one attached hydrogen (secondary N) is 1. The molecule has 1 aliphatic rings. The third-order valence-electron chi connectivity index (χ3n) is 4.66. The first kappa shape index (κ1) is 16.5. The largest absolute Gasteiger partial charge is 0.339 e. The molecule has 0 aromatic carbocycles. The number of hydrogen-bond acceptors (Lipinski definition) is 4. The van der Waals surface area contributed by atoms with Crippen molar-refractivity contribution in [3.63, 3.8) is 0 Å². The Morgan fingerprint density at radius 1 is 1.24 bits per heavy atom. The topological polar surface area (TPSA) is 51.0 Å². The van der Waals surface area contributed by atoms with E-state index in [1.54, 1.807) is 0 Å². The lowest BCUT2D eigenvalue weighted by Gasteiger charge is -2.40. The quantitative estimate of drug-likeness (QED) is 0.857. The predicted octanol–water partition coefficient (Wildman–Crippen LogP) is 4.11. The molecule has 1 saturated carbocycles. The maximum Gasteiger partial charge on any atom is 0.226 e. The van der Waals surface area contributed by atoms with Crippen molar-refractivity contribution in [3.05, 3.63) is 11.7 Å². The van der Waals surface area contributed by atoms with Crippen molar-refractivity contribution >= 4 is 0 Å². The highest BCUT2D eigenvalue weighted by molar-refractivity contribution is 4.91. The molecule has 4 heteroatoms. The van der Waals surface area contributed by atoms with Crippen LogP contribution in [0.15, 0.2) is 4.52 Å². The Morgan fingerprint density at radius 3 is 2.71 bits per heavy atom. The summed E-state index contributed by atoms with van der Waals surface area (Å²) in [5.74, 6) is 2.32. The lowest BCUT2D eigenvalue weighted by atomic mass is 9.69. The fraction of sp³-hybridized carbons (Fsp3) is 0.882. The molecule has 0 aliphatic heterocycles. The van der Waals surface area contributed by atoms with Crippen molar-refractivity contribution in [3.8, 4) is 0 Å². The van der Waals surface area contributed by atoms with E-state index in [-0.39, 0.29) is 0 Å². The molecule has 2 atom stereocenters. The first-order chi connectivity index (χ1) is 10.0. The minimum atomic E-state index is 0.363.